The molecule has 0 spiro atoms. The summed E-state index contributed by atoms with van der Waals surface area (Å²) in [4.78, 5) is 0. The highest BCUT2D eigenvalue weighted by Crippen LogP contribution is 2.26. The molecule has 2 rings (SSSR count). The molecule has 1 aliphatic rings. The van der Waals surface area contributed by atoms with Crippen LogP contribution in [-0.2, 0) is 4.74 Å². The van der Waals surface area contributed by atoms with E-state index in [1.54, 1.807) is 0 Å². The zero-order chi connectivity index (χ0) is 13.0. The van der Waals surface area contributed by atoms with Crippen LogP contribution in [0.5, 0.6) is 0 Å². The number of ether oxygens (including phenoxy) is 1. The second kappa shape index (κ2) is 6.15. The molecule has 0 saturated carbocycles. The van der Waals surface area contributed by atoms with Gasteiger partial charge in [-0.25, -0.2) is 0 Å². The molecule has 1 saturated heterocycles. The smallest absolute Gasteiger partial charge is 0.0779 e. The molecule has 3 N–H and O–H groups in total. The van der Waals surface area contributed by atoms with E-state index in [0.717, 1.165) is 30.5 Å². The van der Waals surface area contributed by atoms with E-state index in [-0.39, 0.29) is 11.6 Å². The lowest BCUT2D eigenvalue weighted by atomic mass is 10.0. The van der Waals surface area contributed by atoms with Crippen LogP contribution in [0.4, 0.5) is 0 Å². The van der Waals surface area contributed by atoms with Gasteiger partial charge in [0.15, 0.2) is 0 Å². The van der Waals surface area contributed by atoms with Crippen LogP contribution in [-0.4, -0.2) is 25.3 Å². The minimum absolute atomic E-state index is 0.0331. The summed E-state index contributed by atoms with van der Waals surface area (Å²) in [5.41, 5.74) is 7.05. The molecule has 2 unspecified atom stereocenters. The summed E-state index contributed by atoms with van der Waals surface area (Å²) in [6, 6.07) is 8.38. The fourth-order valence-electron chi connectivity index (χ4n) is 2.39. The zero-order valence-electron chi connectivity index (χ0n) is 10.8. The van der Waals surface area contributed by atoms with Crippen molar-refractivity contribution in [3.05, 3.63) is 34.3 Å². The Bertz CT molecular complexity index is 391. The summed E-state index contributed by atoms with van der Waals surface area (Å²) in [5, 5.41) is 3.53. The molecule has 0 bridgehead atoms. The monoisotopic (exact) mass is 312 g/mol. The molecule has 0 amide bonds. The number of benzene rings is 1. The molecular formula is C14H21BrN2O. The summed E-state index contributed by atoms with van der Waals surface area (Å²) in [6.45, 7) is 4.47. The molecule has 1 aromatic rings. The van der Waals surface area contributed by atoms with Crippen LogP contribution in [0, 0.1) is 0 Å². The van der Waals surface area contributed by atoms with Crippen LogP contribution in [0.1, 0.15) is 31.4 Å². The summed E-state index contributed by atoms with van der Waals surface area (Å²) < 4.78 is 6.89. The van der Waals surface area contributed by atoms with Gasteiger partial charge in [-0.15, -0.1) is 0 Å². The SMILES string of the molecule is CC1(CNC(CN)c2ccccc2Br)CCCO1. The van der Waals surface area contributed by atoms with Crippen molar-refractivity contribution in [3.8, 4) is 0 Å². The summed E-state index contributed by atoms with van der Waals surface area (Å²) in [6.07, 6.45) is 2.27. The number of nitrogens with one attached hydrogen (secondary N) is 1. The molecule has 18 heavy (non-hydrogen) atoms. The Morgan fingerprint density at radius 2 is 2.28 bits per heavy atom. The average Bonchev–Trinajstić information content (AvgIpc) is 2.79. The molecule has 1 aromatic carbocycles. The van der Waals surface area contributed by atoms with E-state index in [0.29, 0.717) is 6.54 Å². The predicted molar refractivity (Wildman–Crippen MR) is 77.5 cm³/mol. The first kappa shape index (κ1) is 14.0. The van der Waals surface area contributed by atoms with Crippen molar-refractivity contribution in [2.24, 2.45) is 5.73 Å². The largest absolute Gasteiger partial charge is 0.374 e. The van der Waals surface area contributed by atoms with Crippen molar-refractivity contribution in [1.29, 1.82) is 0 Å². The minimum atomic E-state index is -0.0331. The van der Waals surface area contributed by atoms with E-state index in [2.05, 4.69) is 34.2 Å². The molecular weight excluding hydrogens is 292 g/mol. The first-order valence-electron chi connectivity index (χ1n) is 6.46. The van der Waals surface area contributed by atoms with Crippen molar-refractivity contribution < 1.29 is 4.74 Å². The first-order chi connectivity index (χ1) is 8.64. The second-order valence-corrected chi connectivity index (χ2v) is 5.95. The third kappa shape index (κ3) is 3.32. The molecule has 1 fully saturated rings. The quantitative estimate of drug-likeness (QED) is 0.878. The molecule has 3 nitrogen and oxygen atoms in total. The Kier molecular flexibility index (Phi) is 4.78. The molecule has 2 atom stereocenters. The Hall–Kier alpha value is -0.420. The molecule has 0 radical (unpaired) electrons. The van der Waals surface area contributed by atoms with E-state index in [1.807, 2.05) is 18.2 Å². The highest BCUT2D eigenvalue weighted by molar-refractivity contribution is 9.10. The van der Waals surface area contributed by atoms with Gasteiger partial charge in [-0.2, -0.15) is 0 Å². The van der Waals surface area contributed by atoms with Crippen LogP contribution in [0.15, 0.2) is 28.7 Å². The lowest BCUT2D eigenvalue weighted by molar-refractivity contribution is 0.0189. The van der Waals surface area contributed by atoms with E-state index >= 15 is 0 Å². The van der Waals surface area contributed by atoms with Gasteiger partial charge in [0.2, 0.25) is 0 Å². The molecule has 1 heterocycles. The minimum Gasteiger partial charge on any atom is -0.374 e. The number of hydrogen-bond donors (Lipinski definition) is 2. The maximum Gasteiger partial charge on any atom is 0.0779 e. The van der Waals surface area contributed by atoms with E-state index in [4.69, 9.17) is 10.5 Å². The van der Waals surface area contributed by atoms with Gasteiger partial charge < -0.3 is 15.8 Å². The van der Waals surface area contributed by atoms with Gasteiger partial charge in [-0.1, -0.05) is 34.1 Å². The van der Waals surface area contributed by atoms with Crippen molar-refractivity contribution >= 4 is 15.9 Å². The lowest BCUT2D eigenvalue weighted by Gasteiger charge is -2.27. The Labute approximate surface area is 117 Å². The third-order valence-corrected chi connectivity index (χ3v) is 4.26. The van der Waals surface area contributed by atoms with Crippen LogP contribution in [0.2, 0.25) is 0 Å². The molecule has 100 valence electrons. The van der Waals surface area contributed by atoms with Crippen LogP contribution in [0.25, 0.3) is 0 Å². The summed E-state index contributed by atoms with van der Waals surface area (Å²) in [5.74, 6) is 0. The average molecular weight is 313 g/mol. The number of nitrogens with two attached hydrogens (primary N) is 1. The Morgan fingerprint density at radius 3 is 2.89 bits per heavy atom. The van der Waals surface area contributed by atoms with Crippen LogP contribution >= 0.6 is 15.9 Å². The lowest BCUT2D eigenvalue weighted by Crippen LogP contribution is -2.41. The third-order valence-electron chi connectivity index (χ3n) is 3.54. The zero-order valence-corrected chi connectivity index (χ0v) is 12.4. The summed E-state index contributed by atoms with van der Waals surface area (Å²) >= 11 is 3.58. The topological polar surface area (TPSA) is 47.3 Å². The van der Waals surface area contributed by atoms with Crippen LogP contribution < -0.4 is 11.1 Å². The van der Waals surface area contributed by atoms with Gasteiger partial charge in [0.1, 0.15) is 0 Å². The summed E-state index contributed by atoms with van der Waals surface area (Å²) in [7, 11) is 0. The molecule has 4 heteroatoms. The van der Waals surface area contributed by atoms with Crippen molar-refractivity contribution in [2.75, 3.05) is 19.7 Å². The van der Waals surface area contributed by atoms with Gasteiger partial charge in [-0.05, 0) is 31.4 Å². The maximum atomic E-state index is 5.88. The van der Waals surface area contributed by atoms with Gasteiger partial charge in [0, 0.05) is 30.2 Å². The Balaban J connectivity index is 1.99. The molecule has 0 aliphatic carbocycles. The van der Waals surface area contributed by atoms with Crippen molar-refractivity contribution in [1.82, 2.24) is 5.32 Å². The van der Waals surface area contributed by atoms with E-state index in [9.17, 15) is 0 Å². The van der Waals surface area contributed by atoms with Crippen LogP contribution in [0.3, 0.4) is 0 Å². The van der Waals surface area contributed by atoms with Gasteiger partial charge in [0.05, 0.1) is 5.60 Å². The fraction of sp³-hybridized carbons (Fsp3) is 0.571. The van der Waals surface area contributed by atoms with Crippen molar-refractivity contribution in [3.63, 3.8) is 0 Å². The highest BCUT2D eigenvalue weighted by atomic mass is 79.9. The number of hydrogen-bond acceptors (Lipinski definition) is 3. The normalized spacial score (nSPS) is 25.3. The van der Waals surface area contributed by atoms with E-state index in [1.165, 1.54) is 5.56 Å². The molecule has 1 aliphatic heterocycles. The van der Waals surface area contributed by atoms with E-state index < -0.39 is 0 Å². The van der Waals surface area contributed by atoms with Gasteiger partial charge in [0.25, 0.3) is 0 Å². The van der Waals surface area contributed by atoms with Gasteiger partial charge >= 0.3 is 0 Å². The number of rotatable bonds is 5. The van der Waals surface area contributed by atoms with Crippen molar-refractivity contribution in [2.45, 2.75) is 31.4 Å². The highest BCUT2D eigenvalue weighted by Gasteiger charge is 2.30. The maximum absolute atomic E-state index is 5.88. The van der Waals surface area contributed by atoms with Gasteiger partial charge in [-0.3, -0.25) is 0 Å². The molecule has 0 aromatic heterocycles. The first-order valence-corrected chi connectivity index (χ1v) is 7.26. The number of halogens is 1. The second-order valence-electron chi connectivity index (χ2n) is 5.09. The Morgan fingerprint density at radius 1 is 1.50 bits per heavy atom. The predicted octanol–water partition coefficient (Wildman–Crippen LogP) is 2.61. The standard InChI is InChI=1S/C14H21BrN2O/c1-14(7-4-8-18-14)10-17-13(9-16)11-5-2-3-6-12(11)15/h2-3,5-6,13,17H,4,7-10,16H2,1H3. The fourth-order valence-corrected chi connectivity index (χ4v) is 2.95.